The molecule has 1 atom stereocenters. The van der Waals surface area contributed by atoms with Gasteiger partial charge in [0.1, 0.15) is 5.69 Å². The maximum atomic E-state index is 12.6. The predicted octanol–water partition coefficient (Wildman–Crippen LogP) is 2.47. The van der Waals surface area contributed by atoms with Crippen molar-refractivity contribution >= 4 is 49.0 Å². The van der Waals surface area contributed by atoms with Gasteiger partial charge >= 0.3 is 0 Å². The van der Waals surface area contributed by atoms with Gasteiger partial charge in [0, 0.05) is 22.7 Å². The lowest BCUT2D eigenvalue weighted by Crippen LogP contribution is -2.35. The number of aromatic nitrogens is 1. The molecular weight excluding hydrogens is 398 g/mol. The molecule has 1 aliphatic heterocycles. The van der Waals surface area contributed by atoms with Crippen LogP contribution in [-0.2, 0) is 9.84 Å². The molecule has 2 heterocycles. The second-order valence-electron chi connectivity index (χ2n) is 6.64. The third-order valence-electron chi connectivity index (χ3n) is 4.54. The summed E-state index contributed by atoms with van der Waals surface area (Å²) in [5.41, 5.74) is 1.16. The lowest BCUT2D eigenvalue weighted by molar-refractivity contribution is 0.0940. The zero-order chi connectivity index (χ0) is 19.7. The first-order valence-electron chi connectivity index (χ1n) is 8.68. The quantitative estimate of drug-likeness (QED) is 0.681. The molecule has 1 aliphatic rings. The molecule has 1 fully saturated rings. The third kappa shape index (κ3) is 3.90. The third-order valence-corrected chi connectivity index (χ3v) is 7.14. The zero-order valence-corrected chi connectivity index (χ0v) is 16.3. The largest absolute Gasteiger partial charge is 0.348 e. The number of benzene rings is 2. The van der Waals surface area contributed by atoms with Crippen molar-refractivity contribution < 1.29 is 18.0 Å². The Morgan fingerprint density at radius 1 is 1.07 bits per heavy atom. The number of anilines is 1. The van der Waals surface area contributed by atoms with Crippen molar-refractivity contribution in [2.24, 2.45) is 0 Å². The molecule has 1 saturated heterocycles. The molecule has 1 aromatic heterocycles. The van der Waals surface area contributed by atoms with Crippen molar-refractivity contribution in [3.8, 4) is 0 Å². The molecule has 4 rings (SSSR count). The highest BCUT2D eigenvalue weighted by Gasteiger charge is 2.29. The van der Waals surface area contributed by atoms with E-state index in [0.29, 0.717) is 23.4 Å². The average molecular weight is 415 g/mol. The molecule has 0 radical (unpaired) electrons. The van der Waals surface area contributed by atoms with Gasteiger partial charge in [-0.15, -0.1) is 0 Å². The van der Waals surface area contributed by atoms with Gasteiger partial charge in [0.05, 0.1) is 16.2 Å². The molecule has 2 aromatic carbocycles. The zero-order valence-electron chi connectivity index (χ0n) is 14.7. The van der Waals surface area contributed by atoms with Gasteiger partial charge in [-0.2, -0.15) is 4.37 Å². The normalized spacial score (nSPS) is 18.1. The number of sulfone groups is 1. The van der Waals surface area contributed by atoms with Crippen LogP contribution in [0.1, 0.15) is 27.3 Å². The number of amides is 2. The number of nitrogens with zero attached hydrogens (tertiary/aromatic N) is 1. The monoisotopic (exact) mass is 415 g/mol. The lowest BCUT2D eigenvalue weighted by Gasteiger charge is -2.12. The van der Waals surface area contributed by atoms with Crippen LogP contribution < -0.4 is 10.6 Å². The first kappa shape index (κ1) is 18.6. The summed E-state index contributed by atoms with van der Waals surface area (Å²) >= 11 is 1.25. The van der Waals surface area contributed by atoms with Gasteiger partial charge < -0.3 is 10.6 Å². The van der Waals surface area contributed by atoms with Crippen LogP contribution in [0, 0.1) is 0 Å². The Morgan fingerprint density at radius 3 is 2.68 bits per heavy atom. The number of carbonyl (C=O) groups is 2. The van der Waals surface area contributed by atoms with Crippen LogP contribution >= 0.6 is 11.5 Å². The van der Waals surface area contributed by atoms with Crippen LogP contribution in [0.5, 0.6) is 0 Å². The number of hydrogen-bond donors (Lipinski definition) is 2. The summed E-state index contributed by atoms with van der Waals surface area (Å²) in [5.74, 6) is -0.656. The van der Waals surface area contributed by atoms with Crippen molar-refractivity contribution in [2.45, 2.75) is 12.5 Å². The highest BCUT2D eigenvalue weighted by Crippen LogP contribution is 2.23. The minimum Gasteiger partial charge on any atom is -0.348 e. The molecular formula is C19H17N3O4S2. The minimum absolute atomic E-state index is 0.0356. The van der Waals surface area contributed by atoms with Gasteiger partial charge in [0.15, 0.2) is 9.84 Å². The fraction of sp³-hybridized carbons (Fsp3) is 0.211. The van der Waals surface area contributed by atoms with E-state index in [1.165, 1.54) is 11.5 Å². The molecule has 7 nitrogen and oxygen atoms in total. The van der Waals surface area contributed by atoms with E-state index in [9.17, 15) is 18.0 Å². The topological polar surface area (TPSA) is 105 Å². The Hall–Kier alpha value is -2.78. The summed E-state index contributed by atoms with van der Waals surface area (Å²) in [4.78, 5) is 25.0. The smallest absolute Gasteiger partial charge is 0.276 e. The van der Waals surface area contributed by atoms with Crippen LogP contribution in [0.3, 0.4) is 0 Å². The van der Waals surface area contributed by atoms with E-state index in [1.54, 1.807) is 24.3 Å². The Kier molecular flexibility index (Phi) is 4.86. The molecule has 28 heavy (non-hydrogen) atoms. The van der Waals surface area contributed by atoms with E-state index in [1.807, 2.05) is 24.3 Å². The van der Waals surface area contributed by atoms with E-state index >= 15 is 0 Å². The Balaban J connectivity index is 1.48. The average Bonchev–Trinajstić information content (AvgIpc) is 3.24. The van der Waals surface area contributed by atoms with E-state index in [-0.39, 0.29) is 29.4 Å². The van der Waals surface area contributed by atoms with Crippen LogP contribution in [0.15, 0.2) is 48.5 Å². The lowest BCUT2D eigenvalue weighted by atomic mass is 10.1. The van der Waals surface area contributed by atoms with E-state index in [4.69, 9.17) is 0 Å². The molecule has 0 aliphatic carbocycles. The number of fused-ring (bicyclic) bond motifs is 1. The Morgan fingerprint density at radius 2 is 1.89 bits per heavy atom. The van der Waals surface area contributed by atoms with Crippen molar-refractivity contribution in [1.82, 2.24) is 9.69 Å². The predicted molar refractivity (Wildman–Crippen MR) is 109 cm³/mol. The van der Waals surface area contributed by atoms with E-state index in [0.717, 1.165) is 10.1 Å². The summed E-state index contributed by atoms with van der Waals surface area (Å²) in [6.07, 6.45) is 0.418. The summed E-state index contributed by atoms with van der Waals surface area (Å²) < 4.78 is 28.2. The highest BCUT2D eigenvalue weighted by molar-refractivity contribution is 7.91. The van der Waals surface area contributed by atoms with Gasteiger partial charge in [-0.05, 0) is 42.2 Å². The maximum absolute atomic E-state index is 12.6. The first-order chi connectivity index (χ1) is 13.4. The Bertz CT molecular complexity index is 1170. The summed E-state index contributed by atoms with van der Waals surface area (Å²) in [6, 6.07) is 13.6. The molecule has 1 unspecified atom stereocenters. The fourth-order valence-corrected chi connectivity index (χ4v) is 5.60. The number of rotatable bonds is 4. The molecule has 2 N–H and O–H groups in total. The Labute approximate surface area is 165 Å². The molecule has 9 heteroatoms. The van der Waals surface area contributed by atoms with Crippen LogP contribution in [-0.4, -0.2) is 42.2 Å². The summed E-state index contributed by atoms with van der Waals surface area (Å²) in [5, 5.41) is 6.29. The van der Waals surface area contributed by atoms with Crippen LogP contribution in [0.4, 0.5) is 5.69 Å². The maximum Gasteiger partial charge on any atom is 0.276 e. The summed E-state index contributed by atoms with van der Waals surface area (Å²) in [7, 11) is -3.07. The van der Waals surface area contributed by atoms with E-state index < -0.39 is 9.84 Å². The highest BCUT2D eigenvalue weighted by atomic mass is 32.2. The molecule has 0 saturated carbocycles. The first-order valence-corrected chi connectivity index (χ1v) is 11.3. The minimum atomic E-state index is -3.07. The number of nitrogens with one attached hydrogen (secondary N) is 2. The molecule has 144 valence electrons. The van der Waals surface area contributed by atoms with Gasteiger partial charge in [-0.1, -0.05) is 24.3 Å². The van der Waals surface area contributed by atoms with Crippen molar-refractivity contribution in [2.75, 3.05) is 16.8 Å². The van der Waals surface area contributed by atoms with Gasteiger partial charge in [0.25, 0.3) is 11.8 Å². The standard InChI is InChI=1S/C19H17N3O4S2/c23-18(21-14-8-9-28(25,26)11-14)12-4-3-5-13(10-12)20-19(24)17-15-6-1-2-7-16(15)27-22-17/h1-7,10,14H,8-9,11H2,(H,20,24)(H,21,23). The fourth-order valence-electron chi connectivity index (χ4n) is 3.16. The molecule has 0 bridgehead atoms. The van der Waals surface area contributed by atoms with Crippen molar-refractivity contribution in [3.63, 3.8) is 0 Å². The van der Waals surface area contributed by atoms with Gasteiger partial charge in [-0.3, -0.25) is 9.59 Å². The van der Waals surface area contributed by atoms with Gasteiger partial charge in [-0.25, -0.2) is 8.42 Å². The molecule has 0 spiro atoms. The number of hydrogen-bond acceptors (Lipinski definition) is 6. The SMILES string of the molecule is O=C(NC1CCS(=O)(=O)C1)c1cccc(NC(=O)c2nsc3ccccc23)c1. The summed E-state index contributed by atoms with van der Waals surface area (Å²) in [6.45, 7) is 0. The van der Waals surface area contributed by atoms with Crippen LogP contribution in [0.2, 0.25) is 0 Å². The second-order valence-corrected chi connectivity index (χ2v) is 9.67. The molecule has 3 aromatic rings. The van der Waals surface area contributed by atoms with Crippen LogP contribution in [0.25, 0.3) is 10.1 Å². The van der Waals surface area contributed by atoms with E-state index in [2.05, 4.69) is 15.0 Å². The van der Waals surface area contributed by atoms with Crippen molar-refractivity contribution in [1.29, 1.82) is 0 Å². The molecule has 2 amide bonds. The van der Waals surface area contributed by atoms with Gasteiger partial charge in [0.2, 0.25) is 0 Å². The number of carbonyl (C=O) groups excluding carboxylic acids is 2. The van der Waals surface area contributed by atoms with Crippen molar-refractivity contribution in [3.05, 3.63) is 59.8 Å². The second kappa shape index (κ2) is 7.33.